The molecule has 0 radical (unpaired) electrons. The van der Waals surface area contributed by atoms with E-state index in [0.29, 0.717) is 0 Å². The number of benzene rings is 8. The first-order valence-electron chi connectivity index (χ1n) is 14.9. The van der Waals surface area contributed by atoms with E-state index in [9.17, 15) is 0 Å². The van der Waals surface area contributed by atoms with Crippen LogP contribution in [0.15, 0.2) is 156 Å². The molecule has 1 heterocycles. The van der Waals surface area contributed by atoms with Crippen molar-refractivity contribution in [3.05, 3.63) is 156 Å². The Kier molecular flexibility index (Phi) is 5.72. The Hall–Kier alpha value is -5.18. The molecule has 1 aliphatic heterocycles. The molecule has 0 aromatic heterocycles. The molecular weight excluding hydrogens is 600 g/mol. The van der Waals surface area contributed by atoms with Gasteiger partial charge >= 0.3 is 0 Å². The van der Waals surface area contributed by atoms with Crippen LogP contribution in [0.1, 0.15) is 0 Å². The third kappa shape index (κ3) is 3.85. The number of fused-ring (bicyclic) bond motifs is 4. The lowest BCUT2D eigenvalue weighted by atomic mass is 9.84. The molecule has 44 heavy (non-hydrogen) atoms. The highest BCUT2D eigenvalue weighted by Crippen LogP contribution is 2.50. The van der Waals surface area contributed by atoms with Crippen molar-refractivity contribution in [2.24, 2.45) is 0 Å². The van der Waals surface area contributed by atoms with E-state index in [0.717, 1.165) is 21.5 Å². The molecule has 8 aromatic rings. The Morgan fingerprint density at radius 3 is 1.73 bits per heavy atom. The third-order valence-corrected chi connectivity index (χ3v) is 9.41. The van der Waals surface area contributed by atoms with E-state index in [2.05, 4.69) is 155 Å². The second-order valence-corrected chi connectivity index (χ2v) is 12.3. The number of hydrogen-bond acceptors (Lipinski definition) is 1. The Morgan fingerprint density at radius 2 is 0.977 bits per heavy atom. The maximum atomic E-state index is 6.41. The molecule has 0 fully saturated rings. The average molecular weight is 626 g/mol. The van der Waals surface area contributed by atoms with E-state index in [1.165, 1.54) is 71.3 Å². The van der Waals surface area contributed by atoms with Crippen LogP contribution in [0.5, 0.6) is 11.5 Å². The average Bonchev–Trinajstić information content (AvgIpc) is 3.08. The van der Waals surface area contributed by atoms with Crippen molar-refractivity contribution in [1.82, 2.24) is 0 Å². The fourth-order valence-corrected chi connectivity index (χ4v) is 7.39. The molecule has 0 saturated carbocycles. The zero-order valence-corrected chi connectivity index (χ0v) is 25.3. The summed E-state index contributed by atoms with van der Waals surface area (Å²) < 4.78 is 7.48. The summed E-state index contributed by atoms with van der Waals surface area (Å²) in [5, 5.41) is 7.32. The molecule has 0 saturated heterocycles. The van der Waals surface area contributed by atoms with Gasteiger partial charge in [-0.25, -0.2) is 0 Å². The van der Waals surface area contributed by atoms with E-state index in [4.69, 9.17) is 4.74 Å². The zero-order valence-electron chi connectivity index (χ0n) is 23.7. The molecule has 1 aliphatic rings. The van der Waals surface area contributed by atoms with Gasteiger partial charge in [0, 0.05) is 15.4 Å². The van der Waals surface area contributed by atoms with E-state index in [1.54, 1.807) is 0 Å². The Balaban J connectivity index is 1.38. The Bertz CT molecular complexity index is 2410. The summed E-state index contributed by atoms with van der Waals surface area (Å²) in [6.07, 6.45) is 0. The summed E-state index contributed by atoms with van der Waals surface area (Å²) in [4.78, 5) is 0. The van der Waals surface area contributed by atoms with Crippen LogP contribution < -0.4 is 4.74 Å². The second kappa shape index (κ2) is 9.94. The quantitative estimate of drug-likeness (QED) is 0.178. The highest BCUT2D eigenvalue weighted by molar-refractivity contribution is 9.10. The monoisotopic (exact) mass is 624 g/mol. The number of para-hydroxylation sites is 1. The number of halogens is 1. The van der Waals surface area contributed by atoms with Gasteiger partial charge in [0.25, 0.3) is 0 Å². The predicted octanol–water partition coefficient (Wildman–Crippen LogP) is 12.7. The molecular formula is C42H25BrO. The minimum Gasteiger partial charge on any atom is -0.456 e. The largest absolute Gasteiger partial charge is 0.456 e. The van der Waals surface area contributed by atoms with Crippen LogP contribution in [0, 0.1) is 0 Å². The van der Waals surface area contributed by atoms with Gasteiger partial charge < -0.3 is 4.74 Å². The van der Waals surface area contributed by atoms with Crippen LogP contribution >= 0.6 is 15.9 Å². The van der Waals surface area contributed by atoms with Crippen molar-refractivity contribution < 1.29 is 4.74 Å². The van der Waals surface area contributed by atoms with Gasteiger partial charge in [0.2, 0.25) is 0 Å². The van der Waals surface area contributed by atoms with Crippen molar-refractivity contribution in [2.75, 3.05) is 0 Å². The van der Waals surface area contributed by atoms with E-state index < -0.39 is 0 Å². The highest BCUT2D eigenvalue weighted by Gasteiger charge is 2.22. The Labute approximate surface area is 264 Å². The van der Waals surface area contributed by atoms with Crippen LogP contribution in [0.4, 0.5) is 0 Å². The first kappa shape index (κ1) is 25.3. The molecule has 9 rings (SSSR count). The standard InChI is InChI=1S/C42H25BrO/c43-29-19-21-35-37(25-29)41(27-12-5-2-6-13-27)34-20-18-28(24-36(34)40(35)26-10-3-1-4-11-26)30-22-23-33-31-14-7-8-16-38(31)44-39-17-9-15-32(30)42(33)39/h1-25H. The normalized spacial score (nSPS) is 11.9. The van der Waals surface area contributed by atoms with Gasteiger partial charge in [-0.2, -0.15) is 0 Å². The first-order valence-corrected chi connectivity index (χ1v) is 15.7. The second-order valence-electron chi connectivity index (χ2n) is 11.4. The Morgan fingerprint density at radius 1 is 0.364 bits per heavy atom. The molecule has 2 heteroatoms. The topological polar surface area (TPSA) is 9.23 Å². The molecule has 0 spiro atoms. The number of hydrogen-bond donors (Lipinski definition) is 0. The van der Waals surface area contributed by atoms with Gasteiger partial charge in [0.1, 0.15) is 11.5 Å². The lowest BCUT2D eigenvalue weighted by Crippen LogP contribution is -1.97. The van der Waals surface area contributed by atoms with Crippen molar-refractivity contribution in [1.29, 1.82) is 0 Å². The summed E-state index contributed by atoms with van der Waals surface area (Å²) in [7, 11) is 0. The van der Waals surface area contributed by atoms with Crippen molar-refractivity contribution in [2.45, 2.75) is 0 Å². The number of rotatable bonds is 3. The maximum absolute atomic E-state index is 6.41. The van der Waals surface area contributed by atoms with Crippen LogP contribution in [-0.2, 0) is 0 Å². The molecule has 206 valence electrons. The molecule has 8 aromatic carbocycles. The summed E-state index contributed by atoms with van der Waals surface area (Å²) in [5.41, 5.74) is 9.68. The molecule has 0 bridgehead atoms. The smallest absolute Gasteiger partial charge is 0.135 e. The first-order chi connectivity index (χ1) is 21.7. The highest BCUT2D eigenvalue weighted by atomic mass is 79.9. The molecule has 0 unspecified atom stereocenters. The van der Waals surface area contributed by atoms with Crippen LogP contribution in [0.25, 0.3) is 76.8 Å². The minimum atomic E-state index is 0.908. The van der Waals surface area contributed by atoms with E-state index in [-0.39, 0.29) is 0 Å². The summed E-state index contributed by atoms with van der Waals surface area (Å²) >= 11 is 3.77. The lowest BCUT2D eigenvalue weighted by Gasteiger charge is -2.23. The van der Waals surface area contributed by atoms with E-state index in [1.807, 2.05) is 12.1 Å². The van der Waals surface area contributed by atoms with Gasteiger partial charge in [0.05, 0.1) is 0 Å². The van der Waals surface area contributed by atoms with Gasteiger partial charge in [0.15, 0.2) is 0 Å². The van der Waals surface area contributed by atoms with Crippen LogP contribution in [0.2, 0.25) is 0 Å². The predicted molar refractivity (Wildman–Crippen MR) is 188 cm³/mol. The molecule has 0 aliphatic carbocycles. The zero-order chi connectivity index (χ0) is 29.2. The summed E-state index contributed by atoms with van der Waals surface area (Å²) in [6, 6.07) is 54.5. The fraction of sp³-hybridized carbons (Fsp3) is 0. The minimum absolute atomic E-state index is 0.908. The van der Waals surface area contributed by atoms with Gasteiger partial charge in [-0.15, -0.1) is 0 Å². The van der Waals surface area contributed by atoms with Gasteiger partial charge in [-0.1, -0.05) is 137 Å². The molecule has 0 atom stereocenters. The number of ether oxygens (including phenoxy) is 1. The van der Waals surface area contributed by atoms with Gasteiger partial charge in [-0.3, -0.25) is 0 Å². The SMILES string of the molecule is Brc1ccc2c(-c3ccccc3)c3cc(-c4ccc5c6c(cccc46)Oc4ccccc4-5)ccc3c(-c3ccccc3)c2c1. The summed E-state index contributed by atoms with van der Waals surface area (Å²) in [5.74, 6) is 1.82. The van der Waals surface area contributed by atoms with Crippen molar-refractivity contribution >= 4 is 48.2 Å². The van der Waals surface area contributed by atoms with Gasteiger partial charge in [-0.05, 0) is 96.2 Å². The fourth-order valence-electron chi connectivity index (χ4n) is 7.03. The molecule has 0 amide bonds. The van der Waals surface area contributed by atoms with Crippen LogP contribution in [0.3, 0.4) is 0 Å². The summed E-state index contributed by atoms with van der Waals surface area (Å²) in [6.45, 7) is 0. The van der Waals surface area contributed by atoms with Crippen molar-refractivity contribution in [3.8, 4) is 56.0 Å². The van der Waals surface area contributed by atoms with Crippen LogP contribution in [-0.4, -0.2) is 0 Å². The molecule has 1 nitrogen and oxygen atoms in total. The third-order valence-electron chi connectivity index (χ3n) is 8.91. The van der Waals surface area contributed by atoms with E-state index >= 15 is 0 Å². The molecule has 0 N–H and O–H groups in total. The van der Waals surface area contributed by atoms with Crippen molar-refractivity contribution in [3.63, 3.8) is 0 Å². The maximum Gasteiger partial charge on any atom is 0.135 e. The lowest BCUT2D eigenvalue weighted by molar-refractivity contribution is 0.487.